The summed E-state index contributed by atoms with van der Waals surface area (Å²) in [5, 5.41) is 9.73. The molecule has 1 heterocycles. The van der Waals surface area contributed by atoms with Crippen LogP contribution in [-0.2, 0) is 9.09 Å². The zero-order valence-electron chi connectivity index (χ0n) is 7.29. The first-order chi connectivity index (χ1) is 5.42. The van der Waals surface area contributed by atoms with Crippen molar-refractivity contribution in [3.63, 3.8) is 0 Å². The van der Waals surface area contributed by atoms with Crippen LogP contribution < -0.4 is 0 Å². The normalized spacial score (nSPS) is 48.2. The van der Waals surface area contributed by atoms with Crippen LogP contribution in [0.2, 0.25) is 0 Å². The average Bonchev–Trinajstić information content (AvgIpc) is 2.17. The molecule has 0 aromatic rings. The lowest BCUT2D eigenvalue weighted by atomic mass is 10.1. The van der Waals surface area contributed by atoms with Gasteiger partial charge in [-0.2, -0.15) is 0 Å². The van der Waals surface area contributed by atoms with Crippen molar-refractivity contribution in [2.75, 3.05) is 12.8 Å². The monoisotopic (exact) mass is 256 g/mol. The van der Waals surface area contributed by atoms with E-state index in [2.05, 4.69) is 15.9 Å². The van der Waals surface area contributed by atoms with E-state index < -0.39 is 17.5 Å². The summed E-state index contributed by atoms with van der Waals surface area (Å²) in [7, 11) is -2.62. The maximum absolute atomic E-state index is 11.9. The van der Waals surface area contributed by atoms with Gasteiger partial charge in [0.2, 0.25) is 7.37 Å². The van der Waals surface area contributed by atoms with Gasteiger partial charge in [0.1, 0.15) is 4.57 Å². The van der Waals surface area contributed by atoms with Crippen LogP contribution in [0.1, 0.15) is 20.3 Å². The Labute approximate surface area is 81.1 Å². The van der Waals surface area contributed by atoms with Crippen LogP contribution in [0.5, 0.6) is 0 Å². The molecule has 1 N–H and O–H groups in total. The molecule has 72 valence electrons. The minimum atomic E-state index is -2.62. The number of aliphatic hydroxyl groups is 1. The Kier molecular flexibility index (Phi) is 3.04. The highest BCUT2D eigenvalue weighted by atomic mass is 79.9. The van der Waals surface area contributed by atoms with E-state index >= 15 is 0 Å². The molecule has 0 aromatic heterocycles. The molecule has 1 aliphatic heterocycles. The van der Waals surface area contributed by atoms with Crippen LogP contribution in [0.4, 0.5) is 0 Å². The quantitative estimate of drug-likeness (QED) is 0.609. The molecule has 3 nitrogen and oxygen atoms in total. The molecule has 1 aliphatic rings. The number of hydrogen-bond acceptors (Lipinski definition) is 3. The van der Waals surface area contributed by atoms with Crippen molar-refractivity contribution in [2.24, 2.45) is 0 Å². The van der Waals surface area contributed by atoms with Gasteiger partial charge in [0.15, 0.2) is 0 Å². The Morgan fingerprint density at radius 3 is 2.75 bits per heavy atom. The smallest absolute Gasteiger partial charge is 0.219 e. The molecule has 0 radical (unpaired) electrons. The lowest BCUT2D eigenvalue weighted by Crippen LogP contribution is -2.29. The van der Waals surface area contributed by atoms with Gasteiger partial charge in [0.05, 0.1) is 12.2 Å². The van der Waals surface area contributed by atoms with E-state index in [9.17, 15) is 9.67 Å². The highest BCUT2D eigenvalue weighted by molar-refractivity contribution is 9.10. The minimum Gasteiger partial charge on any atom is -0.388 e. The first-order valence-electron chi connectivity index (χ1n) is 4.02. The second-order valence-corrected chi connectivity index (χ2v) is 7.61. The van der Waals surface area contributed by atoms with E-state index in [4.69, 9.17) is 4.52 Å². The Bertz CT molecular complexity index is 217. The largest absolute Gasteiger partial charge is 0.388 e. The highest BCUT2D eigenvalue weighted by Crippen LogP contribution is 2.64. The van der Waals surface area contributed by atoms with Gasteiger partial charge in [-0.25, -0.2) is 0 Å². The fourth-order valence-electron chi connectivity index (χ4n) is 1.39. The standard InChI is InChI=1S/C7H14BrO3P/c1-3-11-12(10)5-4-7(2,9)6(12)8/h6,9H,3-5H2,1-2H3/t6-,7-,12-/m1/s1. The van der Waals surface area contributed by atoms with E-state index in [1.54, 1.807) is 6.92 Å². The summed E-state index contributed by atoms with van der Waals surface area (Å²) in [4.78, 5) is 0. The van der Waals surface area contributed by atoms with Crippen molar-refractivity contribution < 1.29 is 14.2 Å². The van der Waals surface area contributed by atoms with Gasteiger partial charge in [-0.3, -0.25) is 4.57 Å². The molecule has 5 heteroatoms. The van der Waals surface area contributed by atoms with Crippen molar-refractivity contribution in [3.8, 4) is 0 Å². The van der Waals surface area contributed by atoms with Crippen LogP contribution in [0, 0.1) is 0 Å². The van der Waals surface area contributed by atoms with Crippen LogP contribution >= 0.6 is 23.3 Å². The van der Waals surface area contributed by atoms with Gasteiger partial charge in [-0.1, -0.05) is 15.9 Å². The molecule has 0 amide bonds. The SMILES string of the molecule is CCO[P@]1(=O)CC[C@@](C)(O)[C@@H]1Br. The molecule has 0 saturated carbocycles. The molecule has 0 aliphatic carbocycles. The van der Waals surface area contributed by atoms with Crippen LogP contribution in [0.15, 0.2) is 0 Å². The third-order valence-corrected chi connectivity index (χ3v) is 7.78. The number of alkyl halides is 1. The summed E-state index contributed by atoms with van der Waals surface area (Å²) in [5.41, 5.74) is -0.884. The zero-order valence-corrected chi connectivity index (χ0v) is 9.77. The maximum Gasteiger partial charge on any atom is 0.219 e. The van der Waals surface area contributed by atoms with Gasteiger partial charge in [-0.15, -0.1) is 0 Å². The predicted molar refractivity (Wildman–Crippen MR) is 52.1 cm³/mol. The average molecular weight is 257 g/mol. The first kappa shape index (κ1) is 10.7. The number of hydrogen-bond donors (Lipinski definition) is 1. The second-order valence-electron chi connectivity index (χ2n) is 3.31. The molecule has 1 fully saturated rings. The predicted octanol–water partition coefficient (Wildman–Crippen LogP) is 2.18. The molecule has 0 spiro atoms. The molecule has 1 rings (SSSR count). The van der Waals surface area contributed by atoms with Gasteiger partial charge in [0.25, 0.3) is 0 Å². The fraction of sp³-hybridized carbons (Fsp3) is 1.00. The molecule has 12 heavy (non-hydrogen) atoms. The van der Waals surface area contributed by atoms with E-state index in [1.807, 2.05) is 6.92 Å². The molecular weight excluding hydrogens is 243 g/mol. The molecule has 3 atom stereocenters. The van der Waals surface area contributed by atoms with Crippen molar-refractivity contribution in [1.82, 2.24) is 0 Å². The summed E-state index contributed by atoms with van der Waals surface area (Å²) >= 11 is 3.25. The van der Waals surface area contributed by atoms with Crippen molar-refractivity contribution in [3.05, 3.63) is 0 Å². The van der Waals surface area contributed by atoms with Crippen LogP contribution in [-0.4, -0.2) is 28.0 Å². The lowest BCUT2D eigenvalue weighted by Gasteiger charge is -2.23. The Balaban J connectivity index is 2.78. The van der Waals surface area contributed by atoms with E-state index in [0.717, 1.165) is 0 Å². The van der Waals surface area contributed by atoms with Gasteiger partial charge < -0.3 is 9.63 Å². The highest BCUT2D eigenvalue weighted by Gasteiger charge is 2.51. The van der Waals surface area contributed by atoms with E-state index in [-0.39, 0.29) is 0 Å². The van der Waals surface area contributed by atoms with Crippen molar-refractivity contribution in [1.29, 1.82) is 0 Å². The summed E-state index contributed by atoms with van der Waals surface area (Å²) in [5.74, 6) is 0. The van der Waals surface area contributed by atoms with Crippen molar-refractivity contribution in [2.45, 2.75) is 30.4 Å². The molecular formula is C7H14BrO3P. The first-order valence-corrected chi connectivity index (χ1v) is 6.81. The number of rotatable bonds is 2. The van der Waals surface area contributed by atoms with E-state index in [0.29, 0.717) is 19.2 Å². The third-order valence-electron chi connectivity index (χ3n) is 2.14. The lowest BCUT2D eigenvalue weighted by molar-refractivity contribution is 0.0809. The topological polar surface area (TPSA) is 46.5 Å². The Morgan fingerprint density at radius 2 is 2.42 bits per heavy atom. The molecule has 0 aromatic carbocycles. The summed E-state index contributed by atoms with van der Waals surface area (Å²) in [6, 6.07) is 0. The molecule has 0 bridgehead atoms. The second kappa shape index (κ2) is 3.41. The molecule has 1 saturated heterocycles. The maximum atomic E-state index is 11.9. The third kappa shape index (κ3) is 1.77. The van der Waals surface area contributed by atoms with Gasteiger partial charge in [0, 0.05) is 6.16 Å². The Hall–Kier alpha value is 0.630. The van der Waals surface area contributed by atoms with Gasteiger partial charge in [-0.05, 0) is 20.3 Å². The van der Waals surface area contributed by atoms with Crippen LogP contribution in [0.3, 0.4) is 0 Å². The minimum absolute atomic E-state index is 0.405. The molecule has 0 unspecified atom stereocenters. The summed E-state index contributed by atoms with van der Waals surface area (Å²) in [6.45, 7) is 3.94. The summed E-state index contributed by atoms with van der Waals surface area (Å²) in [6.07, 6.45) is 1.02. The Morgan fingerprint density at radius 1 is 1.83 bits per heavy atom. The fourth-order valence-corrected chi connectivity index (χ4v) is 5.25. The van der Waals surface area contributed by atoms with Crippen LogP contribution in [0.25, 0.3) is 0 Å². The number of halogens is 1. The zero-order chi connectivity index (χ0) is 9.41. The summed E-state index contributed by atoms with van der Waals surface area (Å²) < 4.78 is 16.7. The van der Waals surface area contributed by atoms with Crippen molar-refractivity contribution >= 4 is 23.3 Å². The van der Waals surface area contributed by atoms with E-state index in [1.165, 1.54) is 0 Å². The van der Waals surface area contributed by atoms with Gasteiger partial charge >= 0.3 is 0 Å².